The van der Waals surface area contributed by atoms with Gasteiger partial charge in [-0.2, -0.15) is 0 Å². The number of nitrogens with zero attached hydrogens (tertiary/aromatic N) is 2. The van der Waals surface area contributed by atoms with E-state index in [0.717, 1.165) is 40.4 Å². The van der Waals surface area contributed by atoms with E-state index in [1.165, 1.54) is 0 Å². The summed E-state index contributed by atoms with van der Waals surface area (Å²) in [7, 11) is 9.15. The van der Waals surface area contributed by atoms with E-state index in [9.17, 15) is 4.79 Å². The van der Waals surface area contributed by atoms with Crippen LogP contribution < -0.4 is 15.0 Å². The summed E-state index contributed by atoms with van der Waals surface area (Å²) in [5, 5.41) is 0. The summed E-state index contributed by atoms with van der Waals surface area (Å²) >= 11 is 0. The standard InChI is InChI=1S/C19H26N2O3/c1-12-8-15(13(2)21(5)19(12)22)16-10-17(23-6)14(11-20(3)4)9-18(16)24-7/h8-10H,11H2,1-7H3. The molecule has 0 N–H and O–H groups in total. The first-order valence-corrected chi connectivity index (χ1v) is 7.87. The Morgan fingerprint density at radius 3 is 2.17 bits per heavy atom. The van der Waals surface area contributed by atoms with E-state index in [1.54, 1.807) is 25.8 Å². The molecule has 2 rings (SSSR count). The molecule has 24 heavy (non-hydrogen) atoms. The van der Waals surface area contributed by atoms with E-state index in [1.807, 2.05) is 46.1 Å². The summed E-state index contributed by atoms with van der Waals surface area (Å²) < 4.78 is 12.9. The minimum atomic E-state index is 0.0198. The number of aryl methyl sites for hydroxylation is 1. The molecule has 130 valence electrons. The maximum absolute atomic E-state index is 12.1. The molecule has 5 heteroatoms. The molecule has 0 fully saturated rings. The molecule has 0 atom stereocenters. The van der Waals surface area contributed by atoms with Crippen molar-refractivity contribution in [3.8, 4) is 22.6 Å². The van der Waals surface area contributed by atoms with Crippen molar-refractivity contribution in [2.45, 2.75) is 20.4 Å². The Kier molecular flexibility index (Phi) is 5.34. The van der Waals surface area contributed by atoms with Gasteiger partial charge in [-0.15, -0.1) is 0 Å². The van der Waals surface area contributed by atoms with Crippen molar-refractivity contribution >= 4 is 0 Å². The summed E-state index contributed by atoms with van der Waals surface area (Å²) in [6.45, 7) is 4.52. The lowest BCUT2D eigenvalue weighted by atomic mass is 9.98. The van der Waals surface area contributed by atoms with Crippen LogP contribution in [0.1, 0.15) is 16.8 Å². The van der Waals surface area contributed by atoms with Gasteiger partial charge in [0, 0.05) is 41.5 Å². The number of hydrogen-bond acceptors (Lipinski definition) is 4. The fourth-order valence-electron chi connectivity index (χ4n) is 2.89. The van der Waals surface area contributed by atoms with Gasteiger partial charge in [-0.05, 0) is 46.1 Å². The average Bonchev–Trinajstić information content (AvgIpc) is 2.55. The number of ether oxygens (including phenoxy) is 2. The molecule has 0 unspecified atom stereocenters. The number of rotatable bonds is 5. The Balaban J connectivity index is 2.73. The van der Waals surface area contributed by atoms with Gasteiger partial charge in [0.1, 0.15) is 11.5 Å². The summed E-state index contributed by atoms with van der Waals surface area (Å²) in [6, 6.07) is 5.92. The molecule has 2 aromatic rings. The summed E-state index contributed by atoms with van der Waals surface area (Å²) in [6.07, 6.45) is 0. The quantitative estimate of drug-likeness (QED) is 0.845. The van der Waals surface area contributed by atoms with Crippen molar-refractivity contribution in [1.29, 1.82) is 0 Å². The van der Waals surface area contributed by atoms with Crippen molar-refractivity contribution in [3.05, 3.63) is 45.4 Å². The highest BCUT2D eigenvalue weighted by Gasteiger charge is 2.17. The van der Waals surface area contributed by atoms with Crippen LogP contribution in [0.3, 0.4) is 0 Å². The zero-order chi connectivity index (χ0) is 18.0. The highest BCUT2D eigenvalue weighted by molar-refractivity contribution is 5.75. The highest BCUT2D eigenvalue weighted by atomic mass is 16.5. The van der Waals surface area contributed by atoms with E-state index in [-0.39, 0.29) is 5.56 Å². The molecule has 0 aliphatic heterocycles. The van der Waals surface area contributed by atoms with Crippen molar-refractivity contribution in [2.24, 2.45) is 7.05 Å². The Morgan fingerprint density at radius 1 is 1.00 bits per heavy atom. The van der Waals surface area contributed by atoms with Gasteiger partial charge in [0.25, 0.3) is 5.56 Å². The Labute approximate surface area is 143 Å². The largest absolute Gasteiger partial charge is 0.496 e. The average molecular weight is 330 g/mol. The van der Waals surface area contributed by atoms with E-state index in [2.05, 4.69) is 4.90 Å². The molecule has 0 saturated heterocycles. The predicted molar refractivity (Wildman–Crippen MR) is 97.1 cm³/mol. The molecule has 0 radical (unpaired) electrons. The third kappa shape index (κ3) is 3.31. The van der Waals surface area contributed by atoms with Crippen LogP contribution in [0.25, 0.3) is 11.1 Å². The zero-order valence-corrected chi connectivity index (χ0v) is 15.6. The molecular formula is C19H26N2O3. The number of benzene rings is 1. The van der Waals surface area contributed by atoms with Crippen molar-refractivity contribution in [2.75, 3.05) is 28.3 Å². The van der Waals surface area contributed by atoms with Gasteiger partial charge < -0.3 is 18.9 Å². The minimum Gasteiger partial charge on any atom is -0.496 e. The van der Waals surface area contributed by atoms with Gasteiger partial charge in [0.15, 0.2) is 0 Å². The molecule has 0 aliphatic rings. The molecule has 0 spiro atoms. The second-order valence-electron chi connectivity index (χ2n) is 6.29. The molecular weight excluding hydrogens is 304 g/mol. The normalized spacial score (nSPS) is 11.0. The van der Waals surface area contributed by atoms with E-state index in [4.69, 9.17) is 9.47 Å². The predicted octanol–water partition coefficient (Wildman–Crippen LogP) is 2.75. The Morgan fingerprint density at radius 2 is 1.62 bits per heavy atom. The number of pyridine rings is 1. The van der Waals surface area contributed by atoms with Crippen molar-refractivity contribution in [1.82, 2.24) is 9.47 Å². The van der Waals surface area contributed by atoms with Crippen LogP contribution in [0, 0.1) is 13.8 Å². The summed E-state index contributed by atoms with van der Waals surface area (Å²) in [5.41, 5.74) is 4.57. The second-order valence-corrected chi connectivity index (χ2v) is 6.29. The SMILES string of the molecule is COc1cc(-c2cc(C)c(=O)n(C)c2C)c(OC)cc1CN(C)C. The smallest absolute Gasteiger partial charge is 0.253 e. The van der Waals surface area contributed by atoms with E-state index >= 15 is 0 Å². The lowest BCUT2D eigenvalue weighted by Gasteiger charge is -2.19. The molecule has 1 aromatic heterocycles. The van der Waals surface area contributed by atoms with Crippen LogP contribution in [0.5, 0.6) is 11.5 Å². The van der Waals surface area contributed by atoms with Gasteiger partial charge in [0.2, 0.25) is 0 Å². The van der Waals surface area contributed by atoms with Gasteiger partial charge >= 0.3 is 0 Å². The lowest BCUT2D eigenvalue weighted by molar-refractivity contribution is 0.367. The van der Waals surface area contributed by atoms with Crippen LogP contribution in [0.4, 0.5) is 0 Å². The Hall–Kier alpha value is -2.27. The third-order valence-electron chi connectivity index (χ3n) is 4.27. The van der Waals surface area contributed by atoms with Crippen LogP contribution in [0.15, 0.2) is 23.0 Å². The van der Waals surface area contributed by atoms with Crippen molar-refractivity contribution in [3.63, 3.8) is 0 Å². The first-order valence-electron chi connectivity index (χ1n) is 7.87. The fraction of sp³-hybridized carbons (Fsp3) is 0.421. The number of aromatic nitrogens is 1. The monoisotopic (exact) mass is 330 g/mol. The van der Waals surface area contributed by atoms with Crippen LogP contribution in [-0.4, -0.2) is 37.8 Å². The molecule has 1 aromatic carbocycles. The first kappa shape index (κ1) is 18.1. The second kappa shape index (κ2) is 7.09. The Bertz CT molecular complexity index is 807. The molecule has 0 saturated carbocycles. The first-order chi connectivity index (χ1) is 11.3. The van der Waals surface area contributed by atoms with Gasteiger partial charge in [-0.1, -0.05) is 0 Å². The minimum absolute atomic E-state index is 0.0198. The molecule has 0 bridgehead atoms. The topological polar surface area (TPSA) is 43.7 Å². The third-order valence-corrected chi connectivity index (χ3v) is 4.27. The summed E-state index contributed by atoms with van der Waals surface area (Å²) in [5.74, 6) is 1.58. The fourth-order valence-corrected chi connectivity index (χ4v) is 2.89. The number of hydrogen-bond donors (Lipinski definition) is 0. The van der Waals surface area contributed by atoms with Crippen LogP contribution in [0.2, 0.25) is 0 Å². The number of methoxy groups -OCH3 is 2. The van der Waals surface area contributed by atoms with E-state index < -0.39 is 0 Å². The van der Waals surface area contributed by atoms with Gasteiger partial charge in [-0.3, -0.25) is 4.79 Å². The molecule has 1 heterocycles. The van der Waals surface area contributed by atoms with Crippen LogP contribution in [-0.2, 0) is 13.6 Å². The maximum Gasteiger partial charge on any atom is 0.253 e. The zero-order valence-electron chi connectivity index (χ0n) is 15.6. The molecule has 0 amide bonds. The van der Waals surface area contributed by atoms with Crippen LogP contribution >= 0.6 is 0 Å². The van der Waals surface area contributed by atoms with Gasteiger partial charge in [0.05, 0.1) is 14.2 Å². The molecule has 5 nitrogen and oxygen atoms in total. The molecule has 0 aliphatic carbocycles. The highest BCUT2D eigenvalue weighted by Crippen LogP contribution is 2.37. The maximum atomic E-state index is 12.1. The lowest BCUT2D eigenvalue weighted by Crippen LogP contribution is -2.21. The summed E-state index contributed by atoms with van der Waals surface area (Å²) in [4.78, 5) is 14.2. The van der Waals surface area contributed by atoms with Gasteiger partial charge in [-0.25, -0.2) is 0 Å². The van der Waals surface area contributed by atoms with E-state index in [0.29, 0.717) is 5.56 Å². The van der Waals surface area contributed by atoms with Crippen molar-refractivity contribution < 1.29 is 9.47 Å².